The number of sulfonamides is 2. The standard InChI is InChI=1S/C14H21N3O6S2/c1-15-24(19,20)11-6-16-14(18)12-2-4-13(5-3-12)25(21,22)17-7-9-23-10-8-17/h2-5,15H,6-11H2,1H3,(H,16,18). The van der Waals surface area contributed by atoms with E-state index in [1.54, 1.807) is 0 Å². The zero-order valence-electron chi connectivity index (χ0n) is 13.8. The number of rotatable bonds is 7. The molecule has 0 aliphatic carbocycles. The lowest BCUT2D eigenvalue weighted by Crippen LogP contribution is -2.40. The predicted molar refractivity (Wildman–Crippen MR) is 91.2 cm³/mol. The molecule has 25 heavy (non-hydrogen) atoms. The largest absolute Gasteiger partial charge is 0.379 e. The number of benzene rings is 1. The van der Waals surface area contributed by atoms with Gasteiger partial charge in [-0.2, -0.15) is 4.31 Å². The molecule has 0 saturated carbocycles. The second kappa shape index (κ2) is 8.23. The highest BCUT2D eigenvalue weighted by molar-refractivity contribution is 7.89. The number of hydrogen-bond donors (Lipinski definition) is 2. The third-order valence-electron chi connectivity index (χ3n) is 3.69. The summed E-state index contributed by atoms with van der Waals surface area (Å²) in [7, 11) is -5.71. The number of carbonyl (C=O) groups excluding carboxylic acids is 1. The molecule has 1 saturated heterocycles. The van der Waals surface area contributed by atoms with E-state index >= 15 is 0 Å². The third kappa shape index (κ3) is 5.22. The minimum absolute atomic E-state index is 0.0458. The highest BCUT2D eigenvalue weighted by Crippen LogP contribution is 2.17. The summed E-state index contributed by atoms with van der Waals surface area (Å²) in [6.45, 7) is 1.26. The van der Waals surface area contributed by atoms with Gasteiger partial charge in [0.1, 0.15) is 0 Å². The molecular formula is C14H21N3O6S2. The molecule has 0 bridgehead atoms. The Labute approximate surface area is 147 Å². The fourth-order valence-corrected chi connectivity index (χ4v) is 4.20. The van der Waals surface area contributed by atoms with Gasteiger partial charge in [0.2, 0.25) is 20.0 Å². The number of carbonyl (C=O) groups is 1. The van der Waals surface area contributed by atoms with Crippen LogP contribution < -0.4 is 10.0 Å². The molecule has 140 valence electrons. The molecule has 1 fully saturated rings. The topological polar surface area (TPSA) is 122 Å². The molecule has 1 aliphatic heterocycles. The van der Waals surface area contributed by atoms with Crippen LogP contribution in [0.25, 0.3) is 0 Å². The number of ether oxygens (including phenoxy) is 1. The summed E-state index contributed by atoms with van der Waals surface area (Å²) in [6, 6.07) is 5.53. The Balaban J connectivity index is 2.00. The van der Waals surface area contributed by atoms with E-state index in [2.05, 4.69) is 10.0 Å². The fourth-order valence-electron chi connectivity index (χ4n) is 2.22. The molecule has 1 aromatic rings. The van der Waals surface area contributed by atoms with E-state index in [0.717, 1.165) is 0 Å². The Bertz CT molecular complexity index is 799. The third-order valence-corrected chi connectivity index (χ3v) is 6.97. The van der Waals surface area contributed by atoms with Crippen molar-refractivity contribution >= 4 is 26.0 Å². The lowest BCUT2D eigenvalue weighted by Gasteiger charge is -2.26. The first kappa shape index (κ1) is 19.8. The first-order chi connectivity index (χ1) is 11.8. The van der Waals surface area contributed by atoms with Crippen molar-refractivity contribution in [3.05, 3.63) is 29.8 Å². The van der Waals surface area contributed by atoms with E-state index < -0.39 is 26.0 Å². The Morgan fingerprint density at radius 1 is 1.12 bits per heavy atom. The highest BCUT2D eigenvalue weighted by atomic mass is 32.2. The second-order valence-corrected chi connectivity index (χ2v) is 9.30. The average Bonchev–Trinajstić information content (AvgIpc) is 2.62. The summed E-state index contributed by atoms with van der Waals surface area (Å²) >= 11 is 0. The van der Waals surface area contributed by atoms with Gasteiger partial charge in [-0.05, 0) is 31.3 Å². The summed E-state index contributed by atoms with van der Waals surface area (Å²) in [4.78, 5) is 12.1. The summed E-state index contributed by atoms with van der Waals surface area (Å²) in [6.07, 6.45) is 0. The molecule has 9 nitrogen and oxygen atoms in total. The molecule has 0 atom stereocenters. The highest BCUT2D eigenvalue weighted by Gasteiger charge is 2.26. The number of nitrogens with one attached hydrogen (secondary N) is 2. The van der Waals surface area contributed by atoms with E-state index in [0.29, 0.717) is 26.3 Å². The van der Waals surface area contributed by atoms with Gasteiger partial charge in [0.15, 0.2) is 0 Å². The van der Waals surface area contributed by atoms with Crippen molar-refractivity contribution in [1.29, 1.82) is 0 Å². The molecule has 1 aliphatic rings. The van der Waals surface area contributed by atoms with Crippen molar-refractivity contribution in [1.82, 2.24) is 14.3 Å². The van der Waals surface area contributed by atoms with Crippen molar-refractivity contribution in [3.63, 3.8) is 0 Å². The molecule has 2 rings (SSSR count). The van der Waals surface area contributed by atoms with Crippen molar-refractivity contribution < 1.29 is 26.4 Å². The van der Waals surface area contributed by atoms with Gasteiger partial charge in [-0.25, -0.2) is 21.6 Å². The van der Waals surface area contributed by atoms with E-state index in [4.69, 9.17) is 4.74 Å². The zero-order valence-corrected chi connectivity index (χ0v) is 15.4. The minimum atomic E-state index is -3.61. The summed E-state index contributed by atoms with van der Waals surface area (Å²) < 4.78 is 56.2. The lowest BCUT2D eigenvalue weighted by atomic mass is 10.2. The van der Waals surface area contributed by atoms with Crippen LogP contribution in [0, 0.1) is 0 Å². The molecule has 0 aromatic heterocycles. The normalized spacial score (nSPS) is 16.5. The van der Waals surface area contributed by atoms with Crippen molar-refractivity contribution in [3.8, 4) is 0 Å². The lowest BCUT2D eigenvalue weighted by molar-refractivity contribution is 0.0730. The SMILES string of the molecule is CNS(=O)(=O)CCNC(=O)c1ccc(S(=O)(=O)N2CCOCC2)cc1. The number of nitrogens with zero attached hydrogens (tertiary/aromatic N) is 1. The maximum Gasteiger partial charge on any atom is 0.251 e. The molecule has 11 heteroatoms. The predicted octanol–water partition coefficient (Wildman–Crippen LogP) is -1.01. The Morgan fingerprint density at radius 3 is 2.28 bits per heavy atom. The summed E-state index contributed by atoms with van der Waals surface area (Å²) in [5.41, 5.74) is 0.253. The van der Waals surface area contributed by atoms with Crippen molar-refractivity contribution in [2.24, 2.45) is 0 Å². The smallest absolute Gasteiger partial charge is 0.251 e. The molecule has 2 N–H and O–H groups in total. The van der Waals surface area contributed by atoms with Crippen LogP contribution in [0.15, 0.2) is 29.2 Å². The second-order valence-electron chi connectivity index (χ2n) is 5.32. The van der Waals surface area contributed by atoms with Crippen molar-refractivity contribution in [2.75, 3.05) is 45.6 Å². The van der Waals surface area contributed by atoms with Crippen LogP contribution in [0.1, 0.15) is 10.4 Å². The number of morpholine rings is 1. The van der Waals surface area contributed by atoms with Gasteiger partial charge >= 0.3 is 0 Å². The van der Waals surface area contributed by atoms with Crippen LogP contribution in [0.5, 0.6) is 0 Å². The Hall–Kier alpha value is -1.53. The van der Waals surface area contributed by atoms with Crippen molar-refractivity contribution in [2.45, 2.75) is 4.90 Å². The average molecular weight is 391 g/mol. The Morgan fingerprint density at radius 2 is 1.72 bits per heavy atom. The van der Waals surface area contributed by atoms with E-state index in [9.17, 15) is 21.6 Å². The van der Waals surface area contributed by atoms with Gasteiger partial charge in [-0.1, -0.05) is 0 Å². The maximum absolute atomic E-state index is 12.5. The van der Waals surface area contributed by atoms with Crippen LogP contribution in [0.4, 0.5) is 0 Å². The molecule has 1 amide bonds. The molecule has 0 radical (unpaired) electrons. The van der Waals surface area contributed by atoms with E-state index in [1.807, 2.05) is 0 Å². The fraction of sp³-hybridized carbons (Fsp3) is 0.500. The first-order valence-electron chi connectivity index (χ1n) is 7.64. The summed E-state index contributed by atoms with van der Waals surface area (Å²) in [5.74, 6) is -0.708. The van der Waals surface area contributed by atoms with Crippen LogP contribution in [0.3, 0.4) is 0 Å². The van der Waals surface area contributed by atoms with Crippen LogP contribution in [0.2, 0.25) is 0 Å². The molecular weight excluding hydrogens is 370 g/mol. The number of amides is 1. The van der Waals surface area contributed by atoms with Gasteiger partial charge < -0.3 is 10.1 Å². The van der Waals surface area contributed by atoms with Gasteiger partial charge in [-0.3, -0.25) is 4.79 Å². The molecule has 1 aromatic carbocycles. The number of hydrogen-bond acceptors (Lipinski definition) is 6. The maximum atomic E-state index is 12.5. The van der Waals surface area contributed by atoms with Gasteiger partial charge in [0.25, 0.3) is 5.91 Å². The molecule has 1 heterocycles. The molecule has 0 unspecified atom stereocenters. The van der Waals surface area contributed by atoms with E-state index in [-0.39, 0.29) is 22.8 Å². The minimum Gasteiger partial charge on any atom is -0.379 e. The van der Waals surface area contributed by atoms with Gasteiger partial charge in [-0.15, -0.1) is 0 Å². The van der Waals surface area contributed by atoms with Crippen LogP contribution in [-0.4, -0.2) is 72.7 Å². The summed E-state index contributed by atoms with van der Waals surface area (Å²) in [5, 5.41) is 2.48. The van der Waals surface area contributed by atoms with E-state index in [1.165, 1.54) is 35.6 Å². The molecule has 0 spiro atoms. The van der Waals surface area contributed by atoms with Gasteiger partial charge in [0, 0.05) is 25.2 Å². The quantitative estimate of drug-likeness (QED) is 0.614. The zero-order chi connectivity index (χ0) is 18.5. The van der Waals surface area contributed by atoms with Crippen LogP contribution in [-0.2, 0) is 24.8 Å². The van der Waals surface area contributed by atoms with Gasteiger partial charge in [0.05, 0.1) is 23.9 Å². The monoisotopic (exact) mass is 391 g/mol. The first-order valence-corrected chi connectivity index (χ1v) is 10.7. The Kier molecular flexibility index (Phi) is 6.52. The van der Waals surface area contributed by atoms with Crippen LogP contribution >= 0.6 is 0 Å².